The number of hydrogen-bond acceptors (Lipinski definition) is 5. The van der Waals surface area contributed by atoms with E-state index in [1.54, 1.807) is 0 Å². The van der Waals surface area contributed by atoms with Crippen molar-refractivity contribution in [2.24, 2.45) is 0 Å². The van der Waals surface area contributed by atoms with Crippen LogP contribution in [0.3, 0.4) is 0 Å². The molecule has 2 aromatic heterocycles. The number of nitrogens with one attached hydrogen (secondary N) is 1. The number of amides is 2. The van der Waals surface area contributed by atoms with E-state index in [0.717, 1.165) is 35.9 Å². The normalized spacial score (nSPS) is 16.1. The van der Waals surface area contributed by atoms with E-state index in [-0.39, 0.29) is 17.4 Å². The van der Waals surface area contributed by atoms with E-state index in [1.807, 2.05) is 40.1 Å². The number of aromatic nitrogens is 2. The Bertz CT molecular complexity index is 822. The van der Waals surface area contributed by atoms with Crippen molar-refractivity contribution in [3.8, 4) is 0 Å². The van der Waals surface area contributed by atoms with Gasteiger partial charge in [-0.3, -0.25) is 14.5 Å². The second-order valence-electron chi connectivity index (χ2n) is 8.20. The Balaban J connectivity index is 1.56. The Hall–Kier alpha value is -2.19. The van der Waals surface area contributed by atoms with Crippen LogP contribution in [0.2, 0.25) is 0 Å². The van der Waals surface area contributed by atoms with Crippen molar-refractivity contribution in [1.29, 1.82) is 0 Å². The van der Waals surface area contributed by atoms with Crippen LogP contribution in [0.15, 0.2) is 23.6 Å². The summed E-state index contributed by atoms with van der Waals surface area (Å²) >= 11 is 1.47. The lowest BCUT2D eigenvalue weighted by atomic mass is 10.1. The van der Waals surface area contributed by atoms with Gasteiger partial charge in [0.25, 0.3) is 5.91 Å². The lowest BCUT2D eigenvalue weighted by Gasteiger charge is -2.24. The van der Waals surface area contributed by atoms with E-state index in [9.17, 15) is 9.59 Å². The highest BCUT2D eigenvalue weighted by molar-refractivity contribution is 7.12. The summed E-state index contributed by atoms with van der Waals surface area (Å²) in [6.07, 6.45) is 0.865. The molecule has 1 aliphatic rings. The van der Waals surface area contributed by atoms with Crippen molar-refractivity contribution in [1.82, 2.24) is 19.6 Å². The van der Waals surface area contributed by atoms with E-state index in [1.165, 1.54) is 11.3 Å². The molecule has 1 fully saturated rings. The van der Waals surface area contributed by atoms with E-state index in [2.05, 4.69) is 36.1 Å². The van der Waals surface area contributed by atoms with Crippen molar-refractivity contribution >= 4 is 29.0 Å². The van der Waals surface area contributed by atoms with Gasteiger partial charge in [-0.05, 0) is 45.6 Å². The molecule has 0 unspecified atom stereocenters. The van der Waals surface area contributed by atoms with Crippen LogP contribution in [-0.2, 0) is 10.3 Å². The molecule has 28 heavy (non-hydrogen) atoms. The van der Waals surface area contributed by atoms with Crippen LogP contribution in [0, 0.1) is 6.92 Å². The molecule has 1 saturated heterocycles. The number of aryl methyl sites for hydroxylation is 1. The minimum absolute atomic E-state index is 0.0524. The Morgan fingerprint density at radius 1 is 1.21 bits per heavy atom. The number of rotatable bonds is 4. The number of carbonyl (C=O) groups is 2. The monoisotopic (exact) mass is 403 g/mol. The van der Waals surface area contributed by atoms with E-state index in [4.69, 9.17) is 0 Å². The Morgan fingerprint density at radius 3 is 2.68 bits per heavy atom. The van der Waals surface area contributed by atoms with E-state index >= 15 is 0 Å². The smallest absolute Gasteiger partial charge is 0.263 e. The predicted octanol–water partition coefficient (Wildman–Crippen LogP) is 2.79. The van der Waals surface area contributed by atoms with E-state index < -0.39 is 0 Å². The Kier molecular flexibility index (Phi) is 6.20. The fraction of sp³-hybridized carbons (Fsp3) is 0.550. The van der Waals surface area contributed by atoms with Crippen LogP contribution in [0.5, 0.6) is 0 Å². The highest BCUT2D eigenvalue weighted by Gasteiger charge is 2.23. The molecule has 2 aromatic rings. The van der Waals surface area contributed by atoms with Crippen LogP contribution in [-0.4, -0.2) is 64.1 Å². The zero-order chi connectivity index (χ0) is 20.3. The first-order valence-corrected chi connectivity index (χ1v) is 10.5. The van der Waals surface area contributed by atoms with Gasteiger partial charge in [0.2, 0.25) is 5.91 Å². The fourth-order valence-corrected chi connectivity index (χ4v) is 4.06. The zero-order valence-electron chi connectivity index (χ0n) is 17.1. The average molecular weight is 404 g/mol. The standard InChI is InChI=1S/C20H29N5O2S/c1-15-13-17(25(22-15)20(2,3)4)21-18(26)14-23-8-6-9-24(11-10-23)19(27)16-7-5-12-28-16/h5,7,12-13H,6,8-11,14H2,1-4H3,(H,21,26). The fourth-order valence-electron chi connectivity index (χ4n) is 3.37. The summed E-state index contributed by atoms with van der Waals surface area (Å²) in [7, 11) is 0. The zero-order valence-corrected chi connectivity index (χ0v) is 17.9. The van der Waals surface area contributed by atoms with Gasteiger partial charge in [0.05, 0.1) is 22.7 Å². The second-order valence-corrected chi connectivity index (χ2v) is 9.15. The van der Waals surface area contributed by atoms with Gasteiger partial charge in [0.15, 0.2) is 0 Å². The summed E-state index contributed by atoms with van der Waals surface area (Å²) in [5, 5.41) is 9.42. The van der Waals surface area contributed by atoms with Crippen molar-refractivity contribution in [3.05, 3.63) is 34.2 Å². The average Bonchev–Trinajstić information content (AvgIpc) is 3.20. The highest BCUT2D eigenvalue weighted by Crippen LogP contribution is 2.21. The molecule has 1 N–H and O–H groups in total. The van der Waals surface area contributed by atoms with Crippen LogP contribution in [0.1, 0.15) is 42.6 Å². The number of nitrogens with zero attached hydrogens (tertiary/aromatic N) is 4. The van der Waals surface area contributed by atoms with Crippen LogP contribution >= 0.6 is 11.3 Å². The third-order valence-corrected chi connectivity index (χ3v) is 5.57. The van der Waals surface area contributed by atoms with Gasteiger partial charge in [0, 0.05) is 32.2 Å². The van der Waals surface area contributed by atoms with Gasteiger partial charge in [0.1, 0.15) is 5.82 Å². The Morgan fingerprint density at radius 2 is 2.00 bits per heavy atom. The van der Waals surface area contributed by atoms with E-state index in [0.29, 0.717) is 19.6 Å². The molecule has 2 amide bonds. The summed E-state index contributed by atoms with van der Waals surface area (Å²) in [5.41, 5.74) is 0.671. The maximum absolute atomic E-state index is 12.6. The third-order valence-electron chi connectivity index (χ3n) is 4.71. The molecular weight excluding hydrogens is 374 g/mol. The molecule has 0 bridgehead atoms. The van der Waals surface area contributed by atoms with Gasteiger partial charge in [-0.25, -0.2) is 4.68 Å². The molecule has 0 saturated carbocycles. The third kappa shape index (κ3) is 4.99. The van der Waals surface area contributed by atoms with Gasteiger partial charge in [-0.1, -0.05) is 6.07 Å². The van der Waals surface area contributed by atoms with Gasteiger partial charge in [-0.2, -0.15) is 5.10 Å². The number of hydrogen-bond donors (Lipinski definition) is 1. The first kappa shape index (κ1) is 20.5. The molecule has 0 atom stereocenters. The molecule has 152 valence electrons. The molecular formula is C20H29N5O2S. The lowest BCUT2D eigenvalue weighted by Crippen LogP contribution is -2.38. The van der Waals surface area contributed by atoms with Crippen molar-refractivity contribution in [2.45, 2.75) is 39.7 Å². The lowest BCUT2D eigenvalue weighted by molar-refractivity contribution is -0.117. The largest absolute Gasteiger partial charge is 0.337 e. The summed E-state index contributed by atoms with van der Waals surface area (Å²) in [6, 6.07) is 5.66. The first-order chi connectivity index (χ1) is 13.2. The topological polar surface area (TPSA) is 70.5 Å². The first-order valence-electron chi connectivity index (χ1n) is 9.66. The number of anilines is 1. The number of thiophene rings is 1. The molecule has 3 rings (SSSR count). The Labute approximate surface area is 170 Å². The maximum Gasteiger partial charge on any atom is 0.263 e. The highest BCUT2D eigenvalue weighted by atomic mass is 32.1. The van der Waals surface area contributed by atoms with Gasteiger partial charge < -0.3 is 10.2 Å². The molecule has 0 radical (unpaired) electrons. The SMILES string of the molecule is Cc1cc(NC(=O)CN2CCCN(C(=O)c3cccs3)CC2)n(C(C)(C)C)n1. The quantitative estimate of drug-likeness (QED) is 0.852. The summed E-state index contributed by atoms with van der Waals surface area (Å²) < 4.78 is 1.85. The van der Waals surface area contributed by atoms with Crippen LogP contribution < -0.4 is 5.32 Å². The molecule has 7 nitrogen and oxygen atoms in total. The van der Waals surface area contributed by atoms with Crippen LogP contribution in [0.4, 0.5) is 5.82 Å². The molecule has 1 aliphatic heterocycles. The molecule has 3 heterocycles. The molecule has 0 aliphatic carbocycles. The molecule has 0 aromatic carbocycles. The van der Waals surface area contributed by atoms with Crippen molar-refractivity contribution in [3.63, 3.8) is 0 Å². The minimum atomic E-state index is -0.206. The van der Waals surface area contributed by atoms with Crippen molar-refractivity contribution < 1.29 is 9.59 Å². The molecule has 8 heteroatoms. The molecule has 0 spiro atoms. The predicted molar refractivity (Wildman–Crippen MR) is 112 cm³/mol. The van der Waals surface area contributed by atoms with Gasteiger partial charge in [-0.15, -0.1) is 11.3 Å². The second kappa shape index (κ2) is 8.45. The van der Waals surface area contributed by atoms with Crippen molar-refractivity contribution in [2.75, 3.05) is 38.0 Å². The maximum atomic E-state index is 12.6. The number of carbonyl (C=O) groups excluding carboxylic acids is 2. The summed E-state index contributed by atoms with van der Waals surface area (Å²) in [4.78, 5) is 29.9. The summed E-state index contributed by atoms with van der Waals surface area (Å²) in [5.74, 6) is 0.758. The van der Waals surface area contributed by atoms with Crippen LogP contribution in [0.25, 0.3) is 0 Å². The minimum Gasteiger partial charge on any atom is -0.337 e. The summed E-state index contributed by atoms with van der Waals surface area (Å²) in [6.45, 7) is 11.3. The van der Waals surface area contributed by atoms with Gasteiger partial charge >= 0.3 is 0 Å².